The molecule has 0 saturated heterocycles. The van der Waals surface area contributed by atoms with Crippen LogP contribution >= 0.6 is 27.5 Å². The van der Waals surface area contributed by atoms with E-state index in [0.717, 1.165) is 5.56 Å². The average Bonchev–Trinajstić information content (AvgIpc) is 2.44. The van der Waals surface area contributed by atoms with E-state index in [-0.39, 0.29) is 5.75 Å². The number of hydrogen-bond donors (Lipinski definition) is 2. The number of anilines is 1. The van der Waals surface area contributed by atoms with E-state index in [0.29, 0.717) is 21.2 Å². The summed E-state index contributed by atoms with van der Waals surface area (Å²) in [5.41, 5.74) is 3.45. The number of aromatic hydroxyl groups is 1. The third kappa shape index (κ3) is 3.58. The molecule has 20 heavy (non-hydrogen) atoms. The van der Waals surface area contributed by atoms with Gasteiger partial charge in [0.25, 0.3) is 0 Å². The number of hydrogen-bond acceptors (Lipinski definition) is 6. The van der Waals surface area contributed by atoms with Crippen LogP contribution in [0.25, 0.3) is 0 Å². The van der Waals surface area contributed by atoms with Gasteiger partial charge < -0.3 is 9.84 Å². The van der Waals surface area contributed by atoms with Crippen molar-refractivity contribution in [1.82, 2.24) is 10.2 Å². The number of nitrogens with zero attached hydrogens (tertiary/aromatic N) is 3. The molecule has 8 heteroatoms. The van der Waals surface area contributed by atoms with E-state index in [1.807, 2.05) is 0 Å². The van der Waals surface area contributed by atoms with Crippen LogP contribution in [0.2, 0.25) is 5.15 Å². The third-order valence-electron chi connectivity index (χ3n) is 2.30. The van der Waals surface area contributed by atoms with E-state index in [1.54, 1.807) is 30.5 Å². The monoisotopic (exact) mass is 356 g/mol. The molecule has 2 N–H and O–H groups in total. The zero-order chi connectivity index (χ0) is 14.5. The molecule has 2 rings (SSSR count). The van der Waals surface area contributed by atoms with Gasteiger partial charge in [0.2, 0.25) is 0 Å². The number of hydrazone groups is 1. The summed E-state index contributed by atoms with van der Waals surface area (Å²) in [4.78, 5) is 0. The number of ether oxygens (including phenoxy) is 1. The Bertz CT molecular complexity index is 634. The van der Waals surface area contributed by atoms with Gasteiger partial charge in [0.15, 0.2) is 22.5 Å². The highest BCUT2D eigenvalue weighted by atomic mass is 79.9. The zero-order valence-electron chi connectivity index (χ0n) is 10.3. The van der Waals surface area contributed by atoms with E-state index < -0.39 is 0 Å². The van der Waals surface area contributed by atoms with Crippen molar-refractivity contribution in [2.45, 2.75) is 0 Å². The maximum atomic E-state index is 9.69. The van der Waals surface area contributed by atoms with Gasteiger partial charge in [-0.1, -0.05) is 11.6 Å². The molecule has 2 aromatic rings. The number of halogens is 2. The van der Waals surface area contributed by atoms with Crippen LogP contribution in [0.3, 0.4) is 0 Å². The molecule has 104 valence electrons. The predicted octanol–water partition coefficient (Wildman–Crippen LogP) is 3.05. The molecular weight excluding hydrogens is 348 g/mol. The lowest BCUT2D eigenvalue weighted by atomic mass is 10.2. The minimum atomic E-state index is 0.0428. The van der Waals surface area contributed by atoms with Crippen molar-refractivity contribution in [2.75, 3.05) is 12.5 Å². The highest BCUT2D eigenvalue weighted by Gasteiger charge is 2.07. The molecule has 0 amide bonds. The van der Waals surface area contributed by atoms with E-state index in [9.17, 15) is 5.11 Å². The highest BCUT2D eigenvalue weighted by molar-refractivity contribution is 9.10. The number of phenols is 1. The number of nitrogens with one attached hydrogen (secondary N) is 1. The Labute approximate surface area is 128 Å². The predicted molar refractivity (Wildman–Crippen MR) is 80.6 cm³/mol. The van der Waals surface area contributed by atoms with Crippen LogP contribution in [0.15, 0.2) is 33.8 Å². The van der Waals surface area contributed by atoms with E-state index in [1.165, 1.54) is 7.11 Å². The Balaban J connectivity index is 2.11. The van der Waals surface area contributed by atoms with E-state index in [2.05, 4.69) is 36.7 Å². The first-order valence-corrected chi connectivity index (χ1v) is 6.62. The lowest BCUT2D eigenvalue weighted by Crippen LogP contribution is -1.95. The van der Waals surface area contributed by atoms with E-state index in [4.69, 9.17) is 16.3 Å². The summed E-state index contributed by atoms with van der Waals surface area (Å²) in [5, 5.41) is 21.5. The summed E-state index contributed by atoms with van der Waals surface area (Å²) in [6.07, 6.45) is 1.56. The Kier molecular flexibility index (Phi) is 4.75. The number of rotatable bonds is 4. The topological polar surface area (TPSA) is 79.6 Å². The molecule has 0 atom stereocenters. The SMILES string of the molecule is COc1cc(/C=N/Nc2ccc(Cl)nn2)cc(Br)c1O. The summed E-state index contributed by atoms with van der Waals surface area (Å²) in [7, 11) is 1.48. The fraction of sp³-hybridized carbons (Fsp3) is 0.0833. The van der Waals surface area contributed by atoms with Crippen LogP contribution in [0.5, 0.6) is 11.5 Å². The van der Waals surface area contributed by atoms with Gasteiger partial charge in [0.05, 0.1) is 17.8 Å². The number of methoxy groups -OCH3 is 1. The zero-order valence-corrected chi connectivity index (χ0v) is 12.7. The molecule has 0 aliphatic carbocycles. The fourth-order valence-corrected chi connectivity index (χ4v) is 1.93. The molecule has 0 radical (unpaired) electrons. The molecule has 6 nitrogen and oxygen atoms in total. The van der Waals surface area contributed by atoms with Crippen LogP contribution in [0, 0.1) is 0 Å². The second-order valence-corrected chi connectivity index (χ2v) is 4.91. The van der Waals surface area contributed by atoms with Crippen LogP contribution < -0.4 is 10.2 Å². The first kappa shape index (κ1) is 14.5. The molecule has 0 aliphatic rings. The molecule has 0 aliphatic heterocycles. The molecule has 0 spiro atoms. The van der Waals surface area contributed by atoms with Gasteiger partial charge in [-0.05, 0) is 45.8 Å². The van der Waals surface area contributed by atoms with Gasteiger partial charge in [-0.2, -0.15) is 5.10 Å². The number of aromatic nitrogens is 2. The second-order valence-electron chi connectivity index (χ2n) is 3.66. The molecule has 1 aromatic heterocycles. The van der Waals surface area contributed by atoms with Crippen molar-refractivity contribution in [2.24, 2.45) is 5.10 Å². The van der Waals surface area contributed by atoms with Crippen molar-refractivity contribution in [3.63, 3.8) is 0 Å². The Hall–Kier alpha value is -1.86. The average molecular weight is 358 g/mol. The maximum absolute atomic E-state index is 9.69. The molecule has 0 bridgehead atoms. The largest absolute Gasteiger partial charge is 0.503 e. The first-order chi connectivity index (χ1) is 9.60. The van der Waals surface area contributed by atoms with Crippen LogP contribution in [-0.2, 0) is 0 Å². The normalized spacial score (nSPS) is 10.8. The maximum Gasteiger partial charge on any atom is 0.172 e. The highest BCUT2D eigenvalue weighted by Crippen LogP contribution is 2.34. The van der Waals surface area contributed by atoms with Gasteiger partial charge in [0, 0.05) is 0 Å². The van der Waals surface area contributed by atoms with E-state index >= 15 is 0 Å². The number of phenolic OH excluding ortho intramolecular Hbond substituents is 1. The Morgan fingerprint density at radius 2 is 2.20 bits per heavy atom. The smallest absolute Gasteiger partial charge is 0.172 e. The van der Waals surface area contributed by atoms with Gasteiger partial charge in [-0.25, -0.2) is 0 Å². The lowest BCUT2D eigenvalue weighted by molar-refractivity contribution is 0.372. The molecule has 1 heterocycles. The third-order valence-corrected chi connectivity index (χ3v) is 3.10. The summed E-state index contributed by atoms with van der Waals surface area (Å²) >= 11 is 8.86. The molecular formula is C12H10BrClN4O2. The minimum Gasteiger partial charge on any atom is -0.503 e. The van der Waals surface area contributed by atoms with Crippen LogP contribution in [0.4, 0.5) is 5.82 Å². The molecule has 1 aromatic carbocycles. The Morgan fingerprint density at radius 1 is 1.40 bits per heavy atom. The Morgan fingerprint density at radius 3 is 2.85 bits per heavy atom. The van der Waals surface area contributed by atoms with Crippen molar-refractivity contribution in [3.05, 3.63) is 39.5 Å². The molecule has 0 saturated carbocycles. The lowest BCUT2D eigenvalue weighted by Gasteiger charge is -2.06. The van der Waals surface area contributed by atoms with Gasteiger partial charge in [0.1, 0.15) is 0 Å². The molecule has 0 unspecified atom stereocenters. The molecule has 0 fully saturated rings. The summed E-state index contributed by atoms with van der Waals surface area (Å²) < 4.78 is 5.56. The number of benzene rings is 1. The summed E-state index contributed by atoms with van der Waals surface area (Å²) in [6.45, 7) is 0. The van der Waals surface area contributed by atoms with Crippen molar-refractivity contribution < 1.29 is 9.84 Å². The van der Waals surface area contributed by atoms with Crippen molar-refractivity contribution in [3.8, 4) is 11.5 Å². The van der Waals surface area contributed by atoms with Crippen molar-refractivity contribution in [1.29, 1.82) is 0 Å². The minimum absolute atomic E-state index is 0.0428. The van der Waals surface area contributed by atoms with Gasteiger partial charge in [-0.3, -0.25) is 5.43 Å². The van der Waals surface area contributed by atoms with Gasteiger partial charge >= 0.3 is 0 Å². The standard InChI is InChI=1S/C12H10BrClN4O2/c1-20-9-5-7(4-8(13)12(9)19)6-15-17-11-3-2-10(14)16-18-11/h2-6,19H,1H3,(H,17,18)/b15-6+. The van der Waals surface area contributed by atoms with Crippen LogP contribution in [-0.4, -0.2) is 28.6 Å². The fourth-order valence-electron chi connectivity index (χ4n) is 1.37. The summed E-state index contributed by atoms with van der Waals surface area (Å²) in [6, 6.07) is 6.61. The quantitative estimate of drug-likeness (QED) is 0.649. The second kappa shape index (κ2) is 6.53. The summed E-state index contributed by atoms with van der Waals surface area (Å²) in [5.74, 6) is 0.865. The first-order valence-electron chi connectivity index (χ1n) is 5.45. The van der Waals surface area contributed by atoms with Crippen molar-refractivity contribution >= 4 is 39.6 Å². The van der Waals surface area contributed by atoms with Gasteiger partial charge in [-0.15, -0.1) is 10.2 Å². The van der Waals surface area contributed by atoms with Crippen LogP contribution in [0.1, 0.15) is 5.56 Å².